The summed E-state index contributed by atoms with van der Waals surface area (Å²) in [6, 6.07) is 0. The van der Waals surface area contributed by atoms with Gasteiger partial charge in [0.15, 0.2) is 0 Å². The summed E-state index contributed by atoms with van der Waals surface area (Å²) in [6.45, 7) is 2.19. The topological polar surface area (TPSA) is 0 Å². The van der Waals surface area contributed by atoms with Gasteiger partial charge in [-0.05, 0) is 30.9 Å². The Labute approximate surface area is 61.0 Å². The van der Waals surface area contributed by atoms with Crippen LogP contribution >= 0.6 is 11.8 Å². The van der Waals surface area contributed by atoms with Crippen LogP contribution in [0.3, 0.4) is 0 Å². The second kappa shape index (κ2) is 3.11. The maximum atomic E-state index is 2.23. The number of allylic oxidation sites excluding steroid dienone is 4. The lowest BCUT2D eigenvalue weighted by Crippen LogP contribution is -1.85. The first-order valence-electron chi connectivity index (χ1n) is 3.23. The average molecular weight is 140 g/mol. The van der Waals surface area contributed by atoms with Crippen LogP contribution in [-0.2, 0) is 0 Å². The highest BCUT2D eigenvalue weighted by molar-refractivity contribution is 8.02. The van der Waals surface area contributed by atoms with Crippen LogP contribution in [-0.4, -0.2) is 6.26 Å². The van der Waals surface area contributed by atoms with Crippen molar-refractivity contribution in [3.05, 3.63) is 22.6 Å². The van der Waals surface area contributed by atoms with Gasteiger partial charge in [0.2, 0.25) is 0 Å². The standard InChI is InChI=1S/C8H12S/c1-7-3-5-8(9-2)6-4-7/h3,5H,4,6H2,1-2H3. The lowest BCUT2D eigenvalue weighted by molar-refractivity contribution is 0.950. The summed E-state index contributed by atoms with van der Waals surface area (Å²) < 4.78 is 0. The van der Waals surface area contributed by atoms with Crippen molar-refractivity contribution in [3.63, 3.8) is 0 Å². The molecule has 0 aliphatic heterocycles. The van der Waals surface area contributed by atoms with E-state index in [1.165, 1.54) is 23.3 Å². The molecule has 1 aliphatic rings. The monoisotopic (exact) mass is 140 g/mol. The Morgan fingerprint density at radius 1 is 1.33 bits per heavy atom. The lowest BCUT2D eigenvalue weighted by atomic mass is 10.1. The number of hydrogen-bond acceptors (Lipinski definition) is 1. The fourth-order valence-corrected chi connectivity index (χ4v) is 1.40. The van der Waals surface area contributed by atoms with Crippen molar-refractivity contribution in [1.82, 2.24) is 0 Å². The van der Waals surface area contributed by atoms with Crippen LogP contribution in [0.25, 0.3) is 0 Å². The fraction of sp³-hybridized carbons (Fsp3) is 0.500. The van der Waals surface area contributed by atoms with Crippen LogP contribution in [0.15, 0.2) is 22.6 Å². The van der Waals surface area contributed by atoms with Crippen LogP contribution in [0.2, 0.25) is 0 Å². The predicted molar refractivity (Wildman–Crippen MR) is 44.6 cm³/mol. The second-order valence-corrected chi connectivity index (χ2v) is 3.28. The molecule has 0 fully saturated rings. The number of thioether (sulfide) groups is 1. The summed E-state index contributed by atoms with van der Waals surface area (Å²) in [5.74, 6) is 0. The molecule has 0 saturated carbocycles. The van der Waals surface area contributed by atoms with Gasteiger partial charge >= 0.3 is 0 Å². The number of hydrogen-bond donors (Lipinski definition) is 0. The van der Waals surface area contributed by atoms with Gasteiger partial charge in [-0.25, -0.2) is 0 Å². The molecule has 0 aromatic carbocycles. The third-order valence-corrected chi connectivity index (χ3v) is 2.45. The van der Waals surface area contributed by atoms with Gasteiger partial charge in [-0.1, -0.05) is 17.7 Å². The Bertz CT molecular complexity index is 154. The minimum Gasteiger partial charge on any atom is -0.134 e. The van der Waals surface area contributed by atoms with Crippen molar-refractivity contribution >= 4 is 11.8 Å². The van der Waals surface area contributed by atoms with E-state index >= 15 is 0 Å². The largest absolute Gasteiger partial charge is 0.134 e. The molecule has 50 valence electrons. The van der Waals surface area contributed by atoms with E-state index in [-0.39, 0.29) is 0 Å². The molecule has 0 radical (unpaired) electrons. The summed E-state index contributed by atoms with van der Waals surface area (Å²) in [5.41, 5.74) is 1.51. The molecule has 0 spiro atoms. The van der Waals surface area contributed by atoms with Gasteiger partial charge in [0.05, 0.1) is 0 Å². The van der Waals surface area contributed by atoms with Crippen molar-refractivity contribution in [2.45, 2.75) is 19.8 Å². The maximum Gasteiger partial charge on any atom is -0.0140 e. The molecule has 0 heterocycles. The molecule has 0 aromatic rings. The van der Waals surface area contributed by atoms with E-state index in [4.69, 9.17) is 0 Å². The van der Waals surface area contributed by atoms with Gasteiger partial charge in [-0.15, -0.1) is 11.8 Å². The average Bonchev–Trinajstić information content (AvgIpc) is 1.90. The molecule has 0 saturated heterocycles. The first-order valence-corrected chi connectivity index (χ1v) is 4.45. The van der Waals surface area contributed by atoms with E-state index < -0.39 is 0 Å². The van der Waals surface area contributed by atoms with Gasteiger partial charge in [-0.2, -0.15) is 0 Å². The van der Waals surface area contributed by atoms with Gasteiger partial charge in [0, 0.05) is 0 Å². The van der Waals surface area contributed by atoms with Crippen LogP contribution < -0.4 is 0 Å². The molecule has 9 heavy (non-hydrogen) atoms. The fourth-order valence-electron chi connectivity index (χ4n) is 0.892. The first kappa shape index (κ1) is 6.94. The Balaban J connectivity index is 2.59. The molecule has 0 aromatic heterocycles. The van der Waals surface area contributed by atoms with E-state index in [1.807, 2.05) is 11.8 Å². The zero-order valence-corrected chi connectivity index (χ0v) is 6.79. The molecular weight excluding hydrogens is 128 g/mol. The highest BCUT2D eigenvalue weighted by Gasteiger charge is 1.99. The van der Waals surface area contributed by atoms with E-state index in [0.29, 0.717) is 0 Å². The Morgan fingerprint density at radius 2 is 2.11 bits per heavy atom. The molecule has 1 rings (SSSR count). The zero-order chi connectivity index (χ0) is 6.69. The van der Waals surface area contributed by atoms with Crippen LogP contribution in [0.1, 0.15) is 19.8 Å². The molecule has 0 unspecified atom stereocenters. The van der Waals surface area contributed by atoms with Crippen molar-refractivity contribution in [1.29, 1.82) is 0 Å². The van der Waals surface area contributed by atoms with Gasteiger partial charge in [0.1, 0.15) is 0 Å². The SMILES string of the molecule is CSC1=CC=C(C)CC1. The predicted octanol–water partition coefficient (Wildman–Crippen LogP) is 2.97. The summed E-state index contributed by atoms with van der Waals surface area (Å²) >= 11 is 1.86. The third-order valence-electron chi connectivity index (χ3n) is 1.58. The molecule has 1 aliphatic carbocycles. The van der Waals surface area contributed by atoms with Crippen molar-refractivity contribution in [2.24, 2.45) is 0 Å². The van der Waals surface area contributed by atoms with Crippen molar-refractivity contribution in [2.75, 3.05) is 6.26 Å². The molecule has 0 nitrogen and oxygen atoms in total. The second-order valence-electron chi connectivity index (χ2n) is 2.35. The summed E-state index contributed by atoms with van der Waals surface area (Å²) in [4.78, 5) is 1.51. The quantitative estimate of drug-likeness (QED) is 0.539. The molecule has 0 atom stereocenters. The van der Waals surface area contributed by atoms with Crippen molar-refractivity contribution < 1.29 is 0 Å². The molecule has 0 amide bonds. The smallest absolute Gasteiger partial charge is 0.0140 e. The van der Waals surface area contributed by atoms with Crippen molar-refractivity contribution in [3.8, 4) is 0 Å². The zero-order valence-electron chi connectivity index (χ0n) is 5.98. The normalized spacial score (nSPS) is 18.9. The summed E-state index contributed by atoms with van der Waals surface area (Å²) in [5, 5.41) is 0. The highest BCUT2D eigenvalue weighted by Crippen LogP contribution is 2.24. The highest BCUT2D eigenvalue weighted by atomic mass is 32.2. The Kier molecular flexibility index (Phi) is 2.40. The Morgan fingerprint density at radius 3 is 2.56 bits per heavy atom. The van der Waals surface area contributed by atoms with E-state index in [0.717, 1.165) is 0 Å². The Hall–Kier alpha value is -0.170. The molecule has 1 heteroatoms. The molecular formula is C8H12S. The lowest BCUT2D eigenvalue weighted by Gasteiger charge is -2.08. The van der Waals surface area contributed by atoms with Gasteiger partial charge in [-0.3, -0.25) is 0 Å². The minimum atomic E-state index is 1.25. The minimum absolute atomic E-state index is 1.25. The number of rotatable bonds is 1. The summed E-state index contributed by atoms with van der Waals surface area (Å²) in [7, 11) is 0. The maximum absolute atomic E-state index is 2.23. The van der Waals surface area contributed by atoms with Gasteiger partial charge in [0.25, 0.3) is 0 Å². The van der Waals surface area contributed by atoms with E-state index in [2.05, 4.69) is 25.3 Å². The van der Waals surface area contributed by atoms with Crippen LogP contribution in [0.5, 0.6) is 0 Å². The third kappa shape index (κ3) is 1.90. The van der Waals surface area contributed by atoms with E-state index in [1.54, 1.807) is 0 Å². The van der Waals surface area contributed by atoms with E-state index in [9.17, 15) is 0 Å². The van der Waals surface area contributed by atoms with Crippen LogP contribution in [0.4, 0.5) is 0 Å². The summed E-state index contributed by atoms with van der Waals surface area (Å²) in [6.07, 6.45) is 9.09. The first-order chi connectivity index (χ1) is 4.33. The molecule has 0 N–H and O–H groups in total. The van der Waals surface area contributed by atoms with Crippen LogP contribution in [0, 0.1) is 0 Å². The van der Waals surface area contributed by atoms with Gasteiger partial charge < -0.3 is 0 Å². The molecule has 0 bridgehead atoms.